The van der Waals surface area contributed by atoms with Gasteiger partial charge < -0.3 is 15.5 Å². The van der Waals surface area contributed by atoms with Gasteiger partial charge in [0, 0.05) is 26.2 Å². The highest BCUT2D eigenvalue weighted by Crippen LogP contribution is 2.30. The van der Waals surface area contributed by atoms with Gasteiger partial charge in [0.15, 0.2) is 0 Å². The Balaban J connectivity index is 0. The third-order valence-corrected chi connectivity index (χ3v) is 5.51. The minimum atomic E-state index is -0.328. The van der Waals surface area contributed by atoms with Gasteiger partial charge >= 0.3 is 0 Å². The summed E-state index contributed by atoms with van der Waals surface area (Å²) in [7, 11) is 0. The number of hydrogen-bond acceptors (Lipinski definition) is 3. The van der Waals surface area contributed by atoms with Crippen LogP contribution in [0, 0.1) is 11.3 Å². The first-order valence-electron chi connectivity index (χ1n) is 8.78. The van der Waals surface area contributed by atoms with Gasteiger partial charge in [-0.05, 0) is 44.7 Å². The summed E-state index contributed by atoms with van der Waals surface area (Å²) in [6, 6.07) is 0. The summed E-state index contributed by atoms with van der Waals surface area (Å²) in [6.45, 7) is 14.3. The summed E-state index contributed by atoms with van der Waals surface area (Å²) in [4.78, 5) is 17.3. The highest BCUT2D eigenvalue weighted by atomic mass is 35.5. The molecule has 2 N–H and O–H groups in total. The summed E-state index contributed by atoms with van der Waals surface area (Å²) in [5.74, 6) is 1.03. The van der Waals surface area contributed by atoms with Crippen molar-refractivity contribution in [2.45, 2.75) is 53.4 Å². The zero-order valence-corrected chi connectivity index (χ0v) is 17.0. The molecule has 1 rings (SSSR count). The van der Waals surface area contributed by atoms with E-state index in [0.29, 0.717) is 6.54 Å². The van der Waals surface area contributed by atoms with Crippen molar-refractivity contribution in [3.05, 3.63) is 0 Å². The van der Waals surface area contributed by atoms with Crippen LogP contribution in [0.2, 0.25) is 0 Å². The number of amides is 1. The molecule has 23 heavy (non-hydrogen) atoms. The summed E-state index contributed by atoms with van der Waals surface area (Å²) in [6.07, 6.45) is 3.96. The molecule has 0 radical (unpaired) electrons. The minimum absolute atomic E-state index is 0. The average molecular weight is 370 g/mol. The van der Waals surface area contributed by atoms with Crippen molar-refractivity contribution in [1.82, 2.24) is 9.80 Å². The molecule has 1 amide bonds. The molecule has 6 heteroatoms. The summed E-state index contributed by atoms with van der Waals surface area (Å²) in [5, 5.41) is 0. The smallest absolute Gasteiger partial charge is 0.230 e. The van der Waals surface area contributed by atoms with Gasteiger partial charge in [-0.3, -0.25) is 4.79 Å². The molecule has 0 aromatic rings. The fourth-order valence-corrected chi connectivity index (χ4v) is 3.43. The third kappa shape index (κ3) is 6.41. The Bertz CT molecular complexity index is 305. The molecule has 0 aliphatic carbocycles. The molecule has 0 unspecified atom stereocenters. The van der Waals surface area contributed by atoms with Crippen molar-refractivity contribution in [1.29, 1.82) is 0 Å². The van der Waals surface area contributed by atoms with Crippen LogP contribution in [0.5, 0.6) is 0 Å². The minimum Gasteiger partial charge on any atom is -0.342 e. The second-order valence-corrected chi connectivity index (χ2v) is 6.41. The number of nitrogens with zero attached hydrogens (tertiary/aromatic N) is 2. The Morgan fingerprint density at radius 1 is 1.09 bits per heavy atom. The second kappa shape index (κ2) is 12.3. The Hall–Kier alpha value is -0.0300. The van der Waals surface area contributed by atoms with Crippen molar-refractivity contribution in [3.8, 4) is 0 Å². The Labute approximate surface area is 155 Å². The van der Waals surface area contributed by atoms with Crippen LogP contribution in [0.1, 0.15) is 53.4 Å². The first-order valence-corrected chi connectivity index (χ1v) is 8.78. The van der Waals surface area contributed by atoms with Gasteiger partial charge in [0.2, 0.25) is 5.91 Å². The van der Waals surface area contributed by atoms with Crippen LogP contribution in [-0.2, 0) is 4.79 Å². The van der Waals surface area contributed by atoms with Crippen molar-refractivity contribution in [3.63, 3.8) is 0 Å². The molecule has 0 saturated carbocycles. The lowest BCUT2D eigenvalue weighted by atomic mass is 9.80. The second-order valence-electron chi connectivity index (χ2n) is 6.41. The lowest BCUT2D eigenvalue weighted by Gasteiger charge is -2.40. The lowest BCUT2D eigenvalue weighted by molar-refractivity contribution is -0.143. The molecule has 4 nitrogen and oxygen atoms in total. The van der Waals surface area contributed by atoms with Crippen LogP contribution in [-0.4, -0.2) is 55.0 Å². The van der Waals surface area contributed by atoms with Crippen LogP contribution in [0.4, 0.5) is 0 Å². The molecule has 0 atom stereocenters. The molecule has 1 aliphatic rings. The van der Waals surface area contributed by atoms with Crippen molar-refractivity contribution in [2.75, 3.05) is 39.3 Å². The fraction of sp³-hybridized carbons (Fsp3) is 0.941. The van der Waals surface area contributed by atoms with E-state index in [9.17, 15) is 4.79 Å². The maximum atomic E-state index is 12.8. The van der Waals surface area contributed by atoms with Gasteiger partial charge in [-0.1, -0.05) is 27.7 Å². The van der Waals surface area contributed by atoms with E-state index in [2.05, 4.69) is 37.5 Å². The summed E-state index contributed by atoms with van der Waals surface area (Å²) >= 11 is 0. The molecule has 0 bridgehead atoms. The highest BCUT2D eigenvalue weighted by molar-refractivity contribution is 5.85. The first-order chi connectivity index (χ1) is 10.1. The van der Waals surface area contributed by atoms with Crippen molar-refractivity contribution < 1.29 is 4.79 Å². The number of likely N-dealkylation sites (tertiary alicyclic amines) is 1. The maximum absolute atomic E-state index is 12.8. The van der Waals surface area contributed by atoms with Gasteiger partial charge in [-0.15, -0.1) is 24.8 Å². The van der Waals surface area contributed by atoms with Crippen molar-refractivity contribution in [2.24, 2.45) is 17.1 Å². The van der Waals surface area contributed by atoms with Crippen molar-refractivity contribution >= 4 is 30.7 Å². The van der Waals surface area contributed by atoms with Gasteiger partial charge in [-0.25, -0.2) is 0 Å². The largest absolute Gasteiger partial charge is 0.342 e. The van der Waals surface area contributed by atoms with Gasteiger partial charge in [0.05, 0.1) is 5.41 Å². The monoisotopic (exact) mass is 369 g/mol. The Morgan fingerprint density at radius 3 is 1.91 bits per heavy atom. The van der Waals surface area contributed by atoms with Gasteiger partial charge in [-0.2, -0.15) is 0 Å². The zero-order chi connectivity index (χ0) is 15.9. The summed E-state index contributed by atoms with van der Waals surface area (Å²) in [5.41, 5.74) is 5.58. The van der Waals surface area contributed by atoms with E-state index in [1.807, 2.05) is 0 Å². The van der Waals surface area contributed by atoms with Crippen LogP contribution in [0.15, 0.2) is 0 Å². The zero-order valence-electron chi connectivity index (χ0n) is 15.3. The predicted octanol–water partition coefficient (Wildman–Crippen LogP) is 3.18. The lowest BCUT2D eigenvalue weighted by Crippen LogP contribution is -2.50. The van der Waals surface area contributed by atoms with E-state index < -0.39 is 0 Å². The van der Waals surface area contributed by atoms with Crippen LogP contribution in [0.25, 0.3) is 0 Å². The normalized spacial score (nSPS) is 16.0. The average Bonchev–Trinajstić information content (AvgIpc) is 2.55. The molecule has 0 aromatic heterocycles. The molecule has 1 heterocycles. The molecule has 1 fully saturated rings. The number of hydrogen-bond donors (Lipinski definition) is 1. The number of rotatable bonds is 8. The van der Waals surface area contributed by atoms with E-state index >= 15 is 0 Å². The Kier molecular flexibility index (Phi) is 13.5. The number of nitrogens with two attached hydrogens (primary N) is 1. The van der Waals surface area contributed by atoms with Crippen LogP contribution < -0.4 is 5.73 Å². The van der Waals surface area contributed by atoms with Crippen LogP contribution in [0.3, 0.4) is 0 Å². The van der Waals surface area contributed by atoms with E-state index in [-0.39, 0.29) is 36.1 Å². The van der Waals surface area contributed by atoms with E-state index in [0.717, 1.165) is 57.8 Å². The SMILES string of the molecule is CCN(CC)CC1CCN(C(=O)C(CC)(CC)CN)CC1.Cl.Cl. The number of halogens is 2. The number of piperidine rings is 1. The molecular weight excluding hydrogens is 333 g/mol. The van der Waals surface area contributed by atoms with Crippen LogP contribution >= 0.6 is 24.8 Å². The highest BCUT2D eigenvalue weighted by Gasteiger charge is 2.38. The molecule has 1 aliphatic heterocycles. The van der Waals surface area contributed by atoms with E-state index in [4.69, 9.17) is 5.73 Å². The number of carbonyl (C=O) groups is 1. The first kappa shape index (κ1) is 25.2. The topological polar surface area (TPSA) is 49.6 Å². The molecular formula is C17H37Cl2N3O. The molecule has 0 aromatic carbocycles. The Morgan fingerprint density at radius 2 is 1.57 bits per heavy atom. The standard InChI is InChI=1S/C17H35N3O.2ClH/c1-5-17(6-2,14-18)16(21)20-11-9-15(10-12-20)13-19(7-3)8-4;;/h15H,5-14,18H2,1-4H3;2*1H. The fourth-order valence-electron chi connectivity index (χ4n) is 3.43. The van der Waals surface area contributed by atoms with Gasteiger partial charge in [0.25, 0.3) is 0 Å². The predicted molar refractivity (Wildman–Crippen MR) is 104 cm³/mol. The number of carbonyl (C=O) groups excluding carboxylic acids is 1. The molecule has 1 saturated heterocycles. The van der Waals surface area contributed by atoms with E-state index in [1.54, 1.807) is 0 Å². The van der Waals surface area contributed by atoms with E-state index in [1.165, 1.54) is 6.54 Å². The maximum Gasteiger partial charge on any atom is 0.230 e. The summed E-state index contributed by atoms with van der Waals surface area (Å²) < 4.78 is 0. The quantitative estimate of drug-likeness (QED) is 0.714. The van der Waals surface area contributed by atoms with Gasteiger partial charge in [0.1, 0.15) is 0 Å². The molecule has 0 spiro atoms. The third-order valence-electron chi connectivity index (χ3n) is 5.51. The molecule has 140 valence electrons.